The van der Waals surface area contributed by atoms with E-state index in [1.54, 1.807) is 18.7 Å². The summed E-state index contributed by atoms with van der Waals surface area (Å²) in [6.45, 7) is 9.36. The fraction of sp³-hybridized carbons (Fsp3) is 0.900. The molecule has 1 heterocycles. The van der Waals surface area contributed by atoms with Crippen LogP contribution in [0.2, 0.25) is 0 Å². The Labute approximate surface area is 85.5 Å². The number of carbonyl (C=O) groups excluding carboxylic acids is 1. The third kappa shape index (κ3) is 2.61. The van der Waals surface area contributed by atoms with E-state index in [2.05, 4.69) is 0 Å². The molecule has 0 aromatic carbocycles. The van der Waals surface area contributed by atoms with E-state index < -0.39 is 5.60 Å². The Morgan fingerprint density at radius 2 is 2.00 bits per heavy atom. The fourth-order valence-electron chi connectivity index (χ4n) is 1.69. The summed E-state index contributed by atoms with van der Waals surface area (Å²) in [4.78, 5) is 15.3. The molecule has 1 rings (SSSR count). The Kier molecular flexibility index (Phi) is 3.04. The number of urea groups is 1. The molecule has 0 aromatic rings. The molecule has 1 saturated heterocycles. The molecule has 0 aromatic heterocycles. The van der Waals surface area contributed by atoms with Gasteiger partial charge >= 0.3 is 6.03 Å². The first-order chi connectivity index (χ1) is 6.31. The predicted molar refractivity (Wildman–Crippen MR) is 55.1 cm³/mol. The second kappa shape index (κ2) is 3.77. The molecule has 0 atom stereocenters. The topological polar surface area (TPSA) is 43.8 Å². The molecule has 82 valence electrons. The highest BCUT2D eigenvalue weighted by Gasteiger charge is 2.32. The van der Waals surface area contributed by atoms with Crippen molar-refractivity contribution in [3.63, 3.8) is 0 Å². The highest BCUT2D eigenvalue weighted by Crippen LogP contribution is 2.15. The number of rotatable bonds is 3. The molecular formula is C10H20N2O2. The van der Waals surface area contributed by atoms with Crippen LogP contribution in [-0.2, 0) is 0 Å². The van der Waals surface area contributed by atoms with Gasteiger partial charge in [0.25, 0.3) is 0 Å². The monoisotopic (exact) mass is 200 g/mol. The van der Waals surface area contributed by atoms with Crippen LogP contribution in [-0.4, -0.2) is 52.2 Å². The van der Waals surface area contributed by atoms with Crippen molar-refractivity contribution in [2.45, 2.75) is 39.3 Å². The van der Waals surface area contributed by atoms with Crippen LogP contribution in [0.3, 0.4) is 0 Å². The van der Waals surface area contributed by atoms with Gasteiger partial charge < -0.3 is 14.9 Å². The highest BCUT2D eigenvalue weighted by molar-refractivity contribution is 5.76. The van der Waals surface area contributed by atoms with Gasteiger partial charge in [-0.3, -0.25) is 0 Å². The lowest BCUT2D eigenvalue weighted by molar-refractivity contribution is 0.0509. The molecule has 4 heteroatoms. The standard InChI is InChI=1S/C10H20N2O2/c1-8(2)12-6-5-11(9(12)13)7-10(3,4)14/h8,14H,5-7H2,1-4H3. The van der Waals surface area contributed by atoms with Crippen molar-refractivity contribution in [2.75, 3.05) is 19.6 Å². The van der Waals surface area contributed by atoms with E-state index in [1.807, 2.05) is 18.7 Å². The van der Waals surface area contributed by atoms with E-state index in [0.717, 1.165) is 13.1 Å². The Morgan fingerprint density at radius 3 is 2.36 bits per heavy atom. The maximum Gasteiger partial charge on any atom is 0.320 e. The molecule has 0 saturated carbocycles. The zero-order chi connectivity index (χ0) is 10.9. The third-order valence-electron chi connectivity index (χ3n) is 2.33. The van der Waals surface area contributed by atoms with Gasteiger partial charge in [0.05, 0.1) is 12.1 Å². The molecule has 0 unspecified atom stereocenters. The van der Waals surface area contributed by atoms with Gasteiger partial charge in [0.2, 0.25) is 0 Å². The zero-order valence-electron chi connectivity index (χ0n) is 9.45. The van der Waals surface area contributed by atoms with Crippen LogP contribution in [0.25, 0.3) is 0 Å². The van der Waals surface area contributed by atoms with Crippen molar-refractivity contribution in [1.29, 1.82) is 0 Å². The van der Waals surface area contributed by atoms with Gasteiger partial charge in [0, 0.05) is 19.1 Å². The molecular weight excluding hydrogens is 180 g/mol. The van der Waals surface area contributed by atoms with Crippen LogP contribution < -0.4 is 0 Å². The van der Waals surface area contributed by atoms with Crippen molar-refractivity contribution >= 4 is 6.03 Å². The van der Waals surface area contributed by atoms with Crippen molar-refractivity contribution in [3.05, 3.63) is 0 Å². The summed E-state index contributed by atoms with van der Waals surface area (Å²) in [5.74, 6) is 0. The summed E-state index contributed by atoms with van der Waals surface area (Å²) in [6.07, 6.45) is 0. The Bertz CT molecular complexity index is 221. The Balaban J connectivity index is 2.56. The minimum Gasteiger partial charge on any atom is -0.389 e. The van der Waals surface area contributed by atoms with Crippen molar-refractivity contribution < 1.29 is 9.90 Å². The molecule has 0 spiro atoms. The van der Waals surface area contributed by atoms with E-state index in [1.165, 1.54) is 0 Å². The number of hydrogen-bond donors (Lipinski definition) is 1. The van der Waals surface area contributed by atoms with Crippen molar-refractivity contribution in [1.82, 2.24) is 9.80 Å². The number of amides is 2. The Morgan fingerprint density at radius 1 is 1.43 bits per heavy atom. The number of β-amino-alcohol motifs (C(OH)–C–C–N with tert-alkyl or cyclic N) is 1. The van der Waals surface area contributed by atoms with Gasteiger partial charge in [-0.15, -0.1) is 0 Å². The molecule has 4 nitrogen and oxygen atoms in total. The molecule has 0 radical (unpaired) electrons. The zero-order valence-corrected chi connectivity index (χ0v) is 9.45. The van der Waals surface area contributed by atoms with Crippen molar-refractivity contribution in [3.8, 4) is 0 Å². The van der Waals surface area contributed by atoms with Crippen LogP contribution in [0.5, 0.6) is 0 Å². The molecule has 2 amide bonds. The summed E-state index contributed by atoms with van der Waals surface area (Å²) in [6, 6.07) is 0.288. The van der Waals surface area contributed by atoms with Gasteiger partial charge in [0.1, 0.15) is 0 Å². The first-order valence-electron chi connectivity index (χ1n) is 5.09. The number of aliphatic hydroxyl groups is 1. The smallest absolute Gasteiger partial charge is 0.320 e. The minimum absolute atomic E-state index is 0.0436. The average Bonchev–Trinajstić information content (AvgIpc) is 2.29. The normalized spacial score (nSPS) is 18.6. The second-order valence-corrected chi connectivity index (χ2v) is 4.80. The fourth-order valence-corrected chi connectivity index (χ4v) is 1.69. The van der Waals surface area contributed by atoms with E-state index >= 15 is 0 Å². The molecule has 1 N–H and O–H groups in total. The summed E-state index contributed by atoms with van der Waals surface area (Å²) in [5, 5.41) is 9.61. The third-order valence-corrected chi connectivity index (χ3v) is 2.33. The summed E-state index contributed by atoms with van der Waals surface area (Å²) < 4.78 is 0. The highest BCUT2D eigenvalue weighted by atomic mass is 16.3. The van der Waals surface area contributed by atoms with Gasteiger partial charge in [-0.25, -0.2) is 4.79 Å². The molecule has 14 heavy (non-hydrogen) atoms. The van der Waals surface area contributed by atoms with Gasteiger partial charge in [-0.1, -0.05) is 0 Å². The summed E-state index contributed by atoms with van der Waals surface area (Å²) in [5.41, 5.74) is -0.803. The molecule has 0 aliphatic carbocycles. The molecule has 1 aliphatic rings. The van der Waals surface area contributed by atoms with Crippen LogP contribution in [0, 0.1) is 0 Å². The van der Waals surface area contributed by atoms with E-state index in [-0.39, 0.29) is 12.1 Å². The quantitative estimate of drug-likeness (QED) is 0.735. The number of nitrogens with zero attached hydrogens (tertiary/aromatic N) is 2. The van der Waals surface area contributed by atoms with Gasteiger partial charge in [-0.05, 0) is 27.7 Å². The number of carbonyl (C=O) groups is 1. The van der Waals surface area contributed by atoms with Crippen LogP contribution in [0.4, 0.5) is 4.79 Å². The van der Waals surface area contributed by atoms with Crippen molar-refractivity contribution in [2.24, 2.45) is 0 Å². The largest absolute Gasteiger partial charge is 0.389 e. The first-order valence-corrected chi connectivity index (χ1v) is 5.09. The van der Waals surface area contributed by atoms with E-state index in [0.29, 0.717) is 6.54 Å². The second-order valence-electron chi connectivity index (χ2n) is 4.80. The lowest BCUT2D eigenvalue weighted by Crippen LogP contribution is -2.42. The van der Waals surface area contributed by atoms with Gasteiger partial charge in [-0.2, -0.15) is 0 Å². The molecule has 0 bridgehead atoms. The maximum absolute atomic E-state index is 11.8. The molecule has 1 fully saturated rings. The summed E-state index contributed by atoms with van der Waals surface area (Å²) >= 11 is 0. The van der Waals surface area contributed by atoms with Gasteiger partial charge in [0.15, 0.2) is 0 Å². The lowest BCUT2D eigenvalue weighted by atomic mass is 10.1. The average molecular weight is 200 g/mol. The number of hydrogen-bond acceptors (Lipinski definition) is 2. The maximum atomic E-state index is 11.8. The van der Waals surface area contributed by atoms with Crippen LogP contribution in [0.1, 0.15) is 27.7 Å². The minimum atomic E-state index is -0.803. The Hall–Kier alpha value is -0.770. The van der Waals surface area contributed by atoms with E-state index in [4.69, 9.17) is 0 Å². The van der Waals surface area contributed by atoms with Crippen LogP contribution >= 0.6 is 0 Å². The SMILES string of the molecule is CC(C)N1CCN(CC(C)(C)O)C1=O. The lowest BCUT2D eigenvalue weighted by Gasteiger charge is -2.26. The first kappa shape index (κ1) is 11.3. The van der Waals surface area contributed by atoms with Crippen LogP contribution in [0.15, 0.2) is 0 Å². The molecule has 1 aliphatic heterocycles. The van der Waals surface area contributed by atoms with E-state index in [9.17, 15) is 9.90 Å². The summed E-state index contributed by atoms with van der Waals surface area (Å²) in [7, 11) is 0. The predicted octanol–water partition coefficient (Wildman–Crippen LogP) is 0.903.